The van der Waals surface area contributed by atoms with E-state index in [1.807, 2.05) is 20.8 Å². The van der Waals surface area contributed by atoms with E-state index in [1.54, 1.807) is 22.0 Å². The van der Waals surface area contributed by atoms with Crippen LogP contribution in [0.2, 0.25) is 0 Å². The fourth-order valence-electron chi connectivity index (χ4n) is 6.69. The molecule has 3 saturated heterocycles. The van der Waals surface area contributed by atoms with Gasteiger partial charge < -0.3 is 24.4 Å². The minimum Gasteiger partial charge on any atom is -0.465 e. The molecule has 1 N–H and O–H groups in total. The molecule has 0 aliphatic carbocycles. The van der Waals surface area contributed by atoms with Crippen LogP contribution in [0.5, 0.6) is 0 Å². The SMILES string of the molecule is C=CCCCOC(=O)[C@H]1[C@H]2C(=O)N(CCCCCCO)C(C(=O)N(CC=C)C(C)C)C23CC[C@]1(CC)O3. The molecular formula is C29H46N2O6. The van der Waals surface area contributed by atoms with E-state index in [-0.39, 0.29) is 31.1 Å². The third kappa shape index (κ3) is 5.37. The number of unbranched alkanes of at least 4 members (excludes halogenated alkanes) is 4. The summed E-state index contributed by atoms with van der Waals surface area (Å²) in [4.78, 5) is 45.2. The number of carbonyl (C=O) groups excluding carboxylic acids is 3. The van der Waals surface area contributed by atoms with Crippen molar-refractivity contribution in [2.75, 3.05) is 26.3 Å². The van der Waals surface area contributed by atoms with E-state index in [9.17, 15) is 14.4 Å². The quantitative estimate of drug-likeness (QED) is 0.190. The number of ether oxygens (including phenoxy) is 2. The van der Waals surface area contributed by atoms with Crippen LogP contribution >= 0.6 is 0 Å². The molecule has 2 amide bonds. The Morgan fingerprint density at radius 1 is 1.19 bits per heavy atom. The summed E-state index contributed by atoms with van der Waals surface area (Å²) in [5, 5.41) is 9.11. The van der Waals surface area contributed by atoms with Crippen LogP contribution in [0.3, 0.4) is 0 Å². The molecule has 0 saturated carbocycles. The minimum absolute atomic E-state index is 0.0770. The Balaban J connectivity index is 1.96. The van der Waals surface area contributed by atoms with Crippen molar-refractivity contribution in [1.82, 2.24) is 9.80 Å². The molecule has 2 unspecified atom stereocenters. The summed E-state index contributed by atoms with van der Waals surface area (Å²) in [5.74, 6) is -2.16. The molecule has 3 heterocycles. The van der Waals surface area contributed by atoms with E-state index in [4.69, 9.17) is 14.6 Å². The second-order valence-corrected chi connectivity index (χ2v) is 11.0. The average molecular weight is 519 g/mol. The lowest BCUT2D eigenvalue weighted by Gasteiger charge is -2.38. The predicted molar refractivity (Wildman–Crippen MR) is 142 cm³/mol. The van der Waals surface area contributed by atoms with Crippen molar-refractivity contribution in [3.05, 3.63) is 25.3 Å². The lowest BCUT2D eigenvalue weighted by atomic mass is 9.65. The lowest BCUT2D eigenvalue weighted by Crippen LogP contribution is -2.57. The number of esters is 1. The molecule has 8 nitrogen and oxygen atoms in total. The molecule has 0 aromatic rings. The van der Waals surface area contributed by atoms with Crippen molar-refractivity contribution in [2.24, 2.45) is 11.8 Å². The molecule has 0 aromatic heterocycles. The topological polar surface area (TPSA) is 96.4 Å². The molecule has 1 spiro atoms. The van der Waals surface area contributed by atoms with Gasteiger partial charge in [0.05, 0.1) is 18.1 Å². The molecule has 208 valence electrons. The molecule has 0 aromatic carbocycles. The third-order valence-electron chi connectivity index (χ3n) is 8.50. The number of likely N-dealkylation sites (tertiary alicyclic amines) is 1. The van der Waals surface area contributed by atoms with Gasteiger partial charge in [-0.05, 0) is 58.8 Å². The second kappa shape index (κ2) is 12.6. The number of hydrogen-bond donors (Lipinski definition) is 1. The van der Waals surface area contributed by atoms with Gasteiger partial charge in [-0.2, -0.15) is 0 Å². The molecule has 8 heteroatoms. The smallest absolute Gasteiger partial charge is 0.312 e. The maximum absolute atomic E-state index is 14.2. The van der Waals surface area contributed by atoms with Gasteiger partial charge in [0.2, 0.25) is 11.8 Å². The van der Waals surface area contributed by atoms with Crippen LogP contribution < -0.4 is 0 Å². The molecule has 0 radical (unpaired) electrons. The molecule has 3 aliphatic heterocycles. The maximum atomic E-state index is 14.2. The monoisotopic (exact) mass is 518 g/mol. The number of carbonyl (C=O) groups is 3. The van der Waals surface area contributed by atoms with E-state index in [0.717, 1.165) is 25.7 Å². The summed E-state index contributed by atoms with van der Waals surface area (Å²) in [6.07, 6.45) is 9.81. The average Bonchev–Trinajstić information content (AvgIpc) is 3.48. The van der Waals surface area contributed by atoms with Gasteiger partial charge in [-0.25, -0.2) is 0 Å². The Labute approximate surface area is 222 Å². The Hall–Kier alpha value is -2.19. The van der Waals surface area contributed by atoms with E-state index < -0.39 is 35.0 Å². The van der Waals surface area contributed by atoms with Crippen LogP contribution in [0.4, 0.5) is 0 Å². The number of amides is 2. The zero-order valence-electron chi connectivity index (χ0n) is 23.0. The van der Waals surface area contributed by atoms with Crippen molar-refractivity contribution in [3.8, 4) is 0 Å². The van der Waals surface area contributed by atoms with Crippen molar-refractivity contribution in [2.45, 2.75) is 102 Å². The van der Waals surface area contributed by atoms with E-state index in [2.05, 4.69) is 13.2 Å². The first-order chi connectivity index (χ1) is 17.7. The van der Waals surface area contributed by atoms with E-state index in [1.165, 1.54) is 0 Å². The maximum Gasteiger partial charge on any atom is 0.312 e. The van der Waals surface area contributed by atoms with Crippen molar-refractivity contribution in [1.29, 1.82) is 0 Å². The second-order valence-electron chi connectivity index (χ2n) is 11.0. The van der Waals surface area contributed by atoms with Crippen LogP contribution in [0.15, 0.2) is 25.3 Å². The molecular weight excluding hydrogens is 472 g/mol. The van der Waals surface area contributed by atoms with Crippen molar-refractivity contribution >= 4 is 17.8 Å². The van der Waals surface area contributed by atoms with Crippen LogP contribution in [0.1, 0.15) is 78.6 Å². The predicted octanol–water partition coefficient (Wildman–Crippen LogP) is 3.63. The fourth-order valence-corrected chi connectivity index (χ4v) is 6.69. The molecule has 37 heavy (non-hydrogen) atoms. The van der Waals surface area contributed by atoms with Gasteiger partial charge in [0.1, 0.15) is 17.6 Å². The van der Waals surface area contributed by atoms with Crippen LogP contribution in [-0.2, 0) is 23.9 Å². The van der Waals surface area contributed by atoms with Crippen molar-refractivity contribution < 1.29 is 29.0 Å². The standard InChI is InChI=1S/C29H46N2O6/c1-6-9-14-20-36-27(35)23-22-25(33)31(18-12-10-11-13-19-32)24(26(34)30(17-7-2)21(4)5)29(22)16-15-28(23,8-3)37-29/h6-7,21-24,32H,1-2,8-20H2,3-5H3/t22-,23+,24?,28-,29?/m0/s1. The molecule has 3 rings (SSSR count). The first-order valence-corrected chi connectivity index (χ1v) is 14.0. The van der Waals surface area contributed by atoms with E-state index in [0.29, 0.717) is 45.2 Å². The number of allylic oxidation sites excluding steroid dienone is 1. The summed E-state index contributed by atoms with van der Waals surface area (Å²) >= 11 is 0. The molecule has 2 bridgehead atoms. The summed E-state index contributed by atoms with van der Waals surface area (Å²) in [7, 11) is 0. The highest BCUT2D eigenvalue weighted by molar-refractivity contribution is 5.98. The van der Waals surface area contributed by atoms with Gasteiger partial charge in [0, 0.05) is 25.7 Å². The Kier molecular flexibility index (Phi) is 9.98. The third-order valence-corrected chi connectivity index (χ3v) is 8.50. The lowest BCUT2D eigenvalue weighted by molar-refractivity contribution is -0.162. The number of hydrogen-bond acceptors (Lipinski definition) is 6. The zero-order valence-corrected chi connectivity index (χ0v) is 23.0. The van der Waals surface area contributed by atoms with Crippen LogP contribution in [0, 0.1) is 11.8 Å². The van der Waals surface area contributed by atoms with Crippen LogP contribution in [-0.4, -0.2) is 82.3 Å². The summed E-state index contributed by atoms with van der Waals surface area (Å²) in [5.41, 5.74) is -1.82. The van der Waals surface area contributed by atoms with Gasteiger partial charge in [0.15, 0.2) is 0 Å². The van der Waals surface area contributed by atoms with Gasteiger partial charge in [0.25, 0.3) is 0 Å². The largest absolute Gasteiger partial charge is 0.465 e. The summed E-state index contributed by atoms with van der Waals surface area (Å²) < 4.78 is 12.5. The number of aliphatic hydroxyl groups is 1. The van der Waals surface area contributed by atoms with E-state index >= 15 is 0 Å². The van der Waals surface area contributed by atoms with Gasteiger partial charge in [-0.3, -0.25) is 14.4 Å². The fraction of sp³-hybridized carbons (Fsp3) is 0.759. The highest BCUT2D eigenvalue weighted by Crippen LogP contribution is 2.64. The number of aliphatic hydroxyl groups excluding tert-OH is 1. The number of fused-ring (bicyclic) bond motifs is 1. The highest BCUT2D eigenvalue weighted by Gasteiger charge is 2.79. The number of nitrogens with zero attached hydrogens (tertiary/aromatic N) is 2. The summed E-state index contributed by atoms with van der Waals surface area (Å²) in [6.45, 7) is 14.6. The van der Waals surface area contributed by atoms with Crippen LogP contribution in [0.25, 0.3) is 0 Å². The minimum atomic E-state index is -1.03. The first-order valence-electron chi connectivity index (χ1n) is 14.0. The Morgan fingerprint density at radius 2 is 1.92 bits per heavy atom. The Morgan fingerprint density at radius 3 is 2.54 bits per heavy atom. The van der Waals surface area contributed by atoms with Crippen molar-refractivity contribution in [3.63, 3.8) is 0 Å². The van der Waals surface area contributed by atoms with Gasteiger partial charge >= 0.3 is 5.97 Å². The normalized spacial score (nSPS) is 30.0. The number of rotatable bonds is 16. The summed E-state index contributed by atoms with van der Waals surface area (Å²) in [6, 6.07) is -0.857. The van der Waals surface area contributed by atoms with Gasteiger partial charge in [-0.1, -0.05) is 31.9 Å². The Bertz CT molecular complexity index is 859. The highest BCUT2D eigenvalue weighted by atomic mass is 16.6. The molecule has 3 aliphatic rings. The molecule has 5 atom stereocenters. The van der Waals surface area contributed by atoms with Gasteiger partial charge in [-0.15, -0.1) is 13.2 Å². The molecule has 3 fully saturated rings. The zero-order chi connectivity index (χ0) is 27.2. The first kappa shape index (κ1) is 29.4.